The van der Waals surface area contributed by atoms with E-state index in [4.69, 9.17) is 5.73 Å². The fraction of sp³-hybridized carbons (Fsp3) is 0.0833. The van der Waals surface area contributed by atoms with Gasteiger partial charge in [-0.05, 0) is 17.7 Å². The Hall–Kier alpha value is -2.34. The predicted octanol–water partition coefficient (Wildman–Crippen LogP) is 1.33. The molecule has 3 N–H and O–H groups in total. The fourth-order valence-corrected chi connectivity index (χ4v) is 1.34. The standard InChI is InChI=1S/C12H11FN4O/c13-10-3-9(6-15-7-10)12(18)17-11-2-1-8(4-14)5-16-11/h1-3,5-7H,4,14H2,(H,16,17,18). The zero-order chi connectivity index (χ0) is 13.0. The van der Waals surface area contributed by atoms with Crippen molar-refractivity contribution in [1.82, 2.24) is 9.97 Å². The Balaban J connectivity index is 2.11. The quantitative estimate of drug-likeness (QED) is 0.856. The third-order valence-electron chi connectivity index (χ3n) is 2.27. The Morgan fingerprint density at radius 2 is 2.17 bits per heavy atom. The number of anilines is 1. The summed E-state index contributed by atoms with van der Waals surface area (Å²) < 4.78 is 12.9. The molecule has 1 amide bonds. The van der Waals surface area contributed by atoms with Gasteiger partial charge in [0, 0.05) is 18.9 Å². The third kappa shape index (κ3) is 2.86. The Morgan fingerprint density at radius 1 is 1.33 bits per heavy atom. The smallest absolute Gasteiger partial charge is 0.258 e. The van der Waals surface area contributed by atoms with Crippen LogP contribution in [0.25, 0.3) is 0 Å². The maximum Gasteiger partial charge on any atom is 0.258 e. The SMILES string of the molecule is NCc1ccc(NC(=O)c2cncc(F)c2)nc1. The molecule has 0 spiro atoms. The Bertz CT molecular complexity index is 556. The van der Waals surface area contributed by atoms with Gasteiger partial charge < -0.3 is 11.1 Å². The predicted molar refractivity (Wildman–Crippen MR) is 64.3 cm³/mol. The van der Waals surface area contributed by atoms with Crippen LogP contribution in [-0.4, -0.2) is 15.9 Å². The van der Waals surface area contributed by atoms with E-state index in [2.05, 4.69) is 15.3 Å². The maximum atomic E-state index is 12.9. The lowest BCUT2D eigenvalue weighted by Gasteiger charge is -2.04. The second-order valence-corrected chi connectivity index (χ2v) is 3.60. The molecule has 0 fully saturated rings. The van der Waals surface area contributed by atoms with E-state index in [-0.39, 0.29) is 5.56 Å². The monoisotopic (exact) mass is 246 g/mol. The van der Waals surface area contributed by atoms with Gasteiger partial charge in [0.15, 0.2) is 0 Å². The van der Waals surface area contributed by atoms with Crippen LogP contribution in [0.1, 0.15) is 15.9 Å². The lowest BCUT2D eigenvalue weighted by Crippen LogP contribution is -2.13. The molecule has 6 heteroatoms. The summed E-state index contributed by atoms with van der Waals surface area (Å²) in [4.78, 5) is 19.4. The summed E-state index contributed by atoms with van der Waals surface area (Å²) in [7, 11) is 0. The minimum atomic E-state index is -0.561. The molecule has 0 saturated heterocycles. The Morgan fingerprint density at radius 3 is 2.78 bits per heavy atom. The first-order chi connectivity index (χ1) is 8.69. The number of halogens is 1. The van der Waals surface area contributed by atoms with Gasteiger partial charge in [0.25, 0.3) is 5.91 Å². The number of pyridine rings is 2. The number of amides is 1. The first kappa shape index (κ1) is 12.1. The lowest BCUT2D eigenvalue weighted by atomic mass is 10.2. The summed E-state index contributed by atoms with van der Waals surface area (Å²) >= 11 is 0. The molecule has 0 unspecified atom stereocenters. The Kier molecular flexibility index (Phi) is 3.59. The van der Waals surface area contributed by atoms with Gasteiger partial charge in [-0.25, -0.2) is 9.37 Å². The molecule has 0 bridgehead atoms. The highest BCUT2D eigenvalue weighted by Gasteiger charge is 2.08. The molecular formula is C12H11FN4O. The summed E-state index contributed by atoms with van der Waals surface area (Å²) in [5.41, 5.74) is 6.43. The maximum absolute atomic E-state index is 12.9. The van der Waals surface area contributed by atoms with Gasteiger partial charge in [0.1, 0.15) is 11.6 Å². The van der Waals surface area contributed by atoms with Gasteiger partial charge in [-0.3, -0.25) is 9.78 Å². The summed E-state index contributed by atoms with van der Waals surface area (Å²) in [5.74, 6) is -0.648. The van der Waals surface area contributed by atoms with Gasteiger partial charge in [-0.1, -0.05) is 6.07 Å². The van der Waals surface area contributed by atoms with Crippen molar-refractivity contribution >= 4 is 11.7 Å². The van der Waals surface area contributed by atoms with E-state index < -0.39 is 11.7 Å². The normalized spacial score (nSPS) is 10.1. The van der Waals surface area contributed by atoms with Crippen LogP contribution >= 0.6 is 0 Å². The van der Waals surface area contributed by atoms with Gasteiger partial charge in [-0.2, -0.15) is 0 Å². The van der Waals surface area contributed by atoms with E-state index in [1.54, 1.807) is 18.3 Å². The van der Waals surface area contributed by atoms with E-state index in [0.717, 1.165) is 17.8 Å². The largest absolute Gasteiger partial charge is 0.326 e. The minimum absolute atomic E-state index is 0.139. The first-order valence-electron chi connectivity index (χ1n) is 5.26. The highest BCUT2D eigenvalue weighted by molar-refractivity contribution is 6.03. The zero-order valence-corrected chi connectivity index (χ0v) is 9.43. The van der Waals surface area contributed by atoms with Crippen molar-refractivity contribution < 1.29 is 9.18 Å². The molecule has 2 rings (SSSR count). The lowest BCUT2D eigenvalue weighted by molar-refractivity contribution is 0.102. The second kappa shape index (κ2) is 5.33. The van der Waals surface area contributed by atoms with Gasteiger partial charge >= 0.3 is 0 Å². The molecule has 2 aromatic rings. The molecule has 18 heavy (non-hydrogen) atoms. The topological polar surface area (TPSA) is 80.9 Å². The molecule has 0 atom stereocenters. The van der Waals surface area contributed by atoms with E-state index >= 15 is 0 Å². The fourth-order valence-electron chi connectivity index (χ4n) is 1.34. The highest BCUT2D eigenvalue weighted by atomic mass is 19.1. The van der Waals surface area contributed by atoms with E-state index in [1.807, 2.05) is 0 Å². The molecule has 0 saturated carbocycles. The van der Waals surface area contributed by atoms with E-state index in [1.165, 1.54) is 6.20 Å². The molecular weight excluding hydrogens is 235 g/mol. The average Bonchev–Trinajstić information content (AvgIpc) is 2.39. The highest BCUT2D eigenvalue weighted by Crippen LogP contribution is 2.08. The van der Waals surface area contributed by atoms with E-state index in [9.17, 15) is 9.18 Å². The number of nitrogens with two attached hydrogens (primary N) is 1. The number of rotatable bonds is 3. The van der Waals surface area contributed by atoms with Crippen LogP contribution in [0.2, 0.25) is 0 Å². The van der Waals surface area contributed by atoms with Crippen LogP contribution in [0.4, 0.5) is 10.2 Å². The second-order valence-electron chi connectivity index (χ2n) is 3.60. The molecule has 0 radical (unpaired) electrons. The van der Waals surface area contributed by atoms with Gasteiger partial charge in [0.2, 0.25) is 0 Å². The number of nitrogens with one attached hydrogen (secondary N) is 1. The summed E-state index contributed by atoms with van der Waals surface area (Å²) in [5, 5.41) is 2.54. The zero-order valence-electron chi connectivity index (χ0n) is 9.43. The molecule has 92 valence electrons. The van der Waals surface area contributed by atoms with Crippen molar-refractivity contribution in [1.29, 1.82) is 0 Å². The number of hydrogen-bond acceptors (Lipinski definition) is 4. The van der Waals surface area contributed by atoms with Crippen LogP contribution in [0.3, 0.4) is 0 Å². The van der Waals surface area contributed by atoms with Crippen LogP contribution in [0.5, 0.6) is 0 Å². The molecule has 5 nitrogen and oxygen atoms in total. The number of aromatic nitrogens is 2. The van der Waals surface area contributed by atoms with Crippen molar-refractivity contribution in [3.63, 3.8) is 0 Å². The Labute approximate surface area is 103 Å². The van der Waals surface area contributed by atoms with Crippen molar-refractivity contribution in [2.24, 2.45) is 5.73 Å². The van der Waals surface area contributed by atoms with Crippen LogP contribution in [-0.2, 0) is 6.54 Å². The number of nitrogens with zero attached hydrogens (tertiary/aromatic N) is 2. The third-order valence-corrected chi connectivity index (χ3v) is 2.27. The van der Waals surface area contributed by atoms with Gasteiger partial charge in [0.05, 0.1) is 11.8 Å². The molecule has 0 aliphatic rings. The summed E-state index contributed by atoms with van der Waals surface area (Å²) in [6.07, 6.45) is 3.89. The van der Waals surface area contributed by atoms with Crippen molar-refractivity contribution in [3.8, 4) is 0 Å². The molecule has 0 aromatic carbocycles. The van der Waals surface area contributed by atoms with E-state index in [0.29, 0.717) is 12.4 Å². The number of carbonyl (C=O) groups is 1. The van der Waals surface area contributed by atoms with Crippen LogP contribution < -0.4 is 11.1 Å². The van der Waals surface area contributed by atoms with Crippen molar-refractivity contribution in [2.75, 3.05) is 5.32 Å². The first-order valence-corrected chi connectivity index (χ1v) is 5.26. The minimum Gasteiger partial charge on any atom is -0.326 e. The van der Waals surface area contributed by atoms with Gasteiger partial charge in [-0.15, -0.1) is 0 Å². The van der Waals surface area contributed by atoms with Crippen LogP contribution in [0, 0.1) is 5.82 Å². The van der Waals surface area contributed by atoms with Crippen molar-refractivity contribution in [2.45, 2.75) is 6.54 Å². The number of carbonyl (C=O) groups excluding carboxylic acids is 1. The molecule has 0 aliphatic heterocycles. The summed E-state index contributed by atoms with van der Waals surface area (Å²) in [6, 6.07) is 4.50. The molecule has 2 aromatic heterocycles. The number of hydrogen-bond donors (Lipinski definition) is 2. The molecule has 2 heterocycles. The average molecular weight is 246 g/mol. The van der Waals surface area contributed by atoms with Crippen molar-refractivity contribution in [3.05, 3.63) is 53.7 Å². The molecule has 0 aliphatic carbocycles. The van der Waals surface area contributed by atoms with Crippen LogP contribution in [0.15, 0.2) is 36.8 Å². The summed E-state index contributed by atoms with van der Waals surface area (Å²) in [6.45, 7) is 0.384.